The molecule has 0 spiro atoms. The summed E-state index contributed by atoms with van der Waals surface area (Å²) in [5.74, 6) is 0.596. The normalized spacial score (nSPS) is 11.9. The maximum atomic E-state index is 13.0. The highest BCUT2D eigenvalue weighted by Crippen LogP contribution is 2.28. The minimum atomic E-state index is -0.397. The van der Waals surface area contributed by atoms with Crippen LogP contribution in [-0.4, -0.2) is 32.3 Å². The molecule has 10 heteroatoms. The van der Waals surface area contributed by atoms with E-state index in [0.29, 0.717) is 34.5 Å². The molecule has 0 aliphatic rings. The van der Waals surface area contributed by atoms with Crippen molar-refractivity contribution in [3.8, 4) is 0 Å². The van der Waals surface area contributed by atoms with E-state index in [0.717, 1.165) is 21.3 Å². The topological polar surface area (TPSA) is 88.9 Å². The van der Waals surface area contributed by atoms with Crippen molar-refractivity contribution < 1.29 is 9.59 Å². The van der Waals surface area contributed by atoms with Gasteiger partial charge in [-0.2, -0.15) is 0 Å². The van der Waals surface area contributed by atoms with Crippen LogP contribution in [0, 0.1) is 19.8 Å². The van der Waals surface area contributed by atoms with Gasteiger partial charge in [-0.15, -0.1) is 16.8 Å². The van der Waals surface area contributed by atoms with Crippen LogP contribution in [0.4, 0.5) is 5.69 Å². The van der Waals surface area contributed by atoms with Crippen molar-refractivity contribution in [1.29, 1.82) is 0 Å². The molecule has 7 nitrogen and oxygen atoms in total. The van der Waals surface area contributed by atoms with Crippen molar-refractivity contribution in [3.63, 3.8) is 0 Å². The van der Waals surface area contributed by atoms with Crippen molar-refractivity contribution >= 4 is 56.8 Å². The van der Waals surface area contributed by atoms with Crippen LogP contribution in [0.5, 0.6) is 0 Å². The number of thioether (sulfide) groups is 1. The molecule has 1 atom stereocenters. The Kier molecular flexibility index (Phi) is 10.4. The molecule has 196 valence electrons. The molecule has 2 amide bonds. The lowest BCUT2D eigenvalue weighted by Gasteiger charge is -2.21. The molecule has 0 bridgehead atoms. The summed E-state index contributed by atoms with van der Waals surface area (Å²) in [4.78, 5) is 25.8. The van der Waals surface area contributed by atoms with Crippen LogP contribution in [-0.2, 0) is 11.3 Å². The molecule has 1 heterocycles. The van der Waals surface area contributed by atoms with Crippen LogP contribution in [0.25, 0.3) is 0 Å². The number of hydrogen-bond acceptors (Lipinski definition) is 5. The molecule has 3 rings (SSSR count). The number of halogens is 2. The molecule has 0 fully saturated rings. The van der Waals surface area contributed by atoms with Crippen molar-refractivity contribution in [2.75, 3.05) is 11.1 Å². The molecule has 2 N–H and O–H groups in total. The number of allylic oxidation sites excluding steroid dienone is 1. The van der Waals surface area contributed by atoms with E-state index >= 15 is 0 Å². The van der Waals surface area contributed by atoms with Crippen LogP contribution in [0.1, 0.15) is 53.6 Å². The number of benzene rings is 2. The molecule has 0 radical (unpaired) electrons. The van der Waals surface area contributed by atoms with Gasteiger partial charge in [-0.3, -0.25) is 9.59 Å². The summed E-state index contributed by atoms with van der Waals surface area (Å²) < 4.78 is 2.72. The highest BCUT2D eigenvalue weighted by molar-refractivity contribution is 9.10. The Bertz CT molecular complexity index is 1290. The van der Waals surface area contributed by atoms with E-state index in [1.165, 1.54) is 11.8 Å². The first kappa shape index (κ1) is 28.9. The molecule has 0 saturated heterocycles. The predicted molar refractivity (Wildman–Crippen MR) is 154 cm³/mol. The van der Waals surface area contributed by atoms with E-state index < -0.39 is 6.04 Å². The summed E-state index contributed by atoms with van der Waals surface area (Å²) in [6.45, 7) is 12.5. The number of anilines is 1. The van der Waals surface area contributed by atoms with Crippen molar-refractivity contribution in [1.82, 2.24) is 20.1 Å². The lowest BCUT2D eigenvalue weighted by atomic mass is 10.0. The largest absolute Gasteiger partial charge is 0.342 e. The molecule has 2 aromatic carbocycles. The fourth-order valence-corrected chi connectivity index (χ4v) is 5.27. The van der Waals surface area contributed by atoms with E-state index in [2.05, 4.69) is 57.2 Å². The second-order valence-electron chi connectivity index (χ2n) is 9.13. The number of aromatic nitrogens is 3. The molecule has 0 unspecified atom stereocenters. The minimum Gasteiger partial charge on any atom is -0.342 e. The maximum Gasteiger partial charge on any atom is 0.253 e. The van der Waals surface area contributed by atoms with Gasteiger partial charge in [-0.05, 0) is 77.5 Å². The van der Waals surface area contributed by atoms with Crippen LogP contribution in [0.2, 0.25) is 5.02 Å². The minimum absolute atomic E-state index is 0.148. The van der Waals surface area contributed by atoms with Gasteiger partial charge in [-0.25, -0.2) is 0 Å². The second kappa shape index (κ2) is 13.3. The summed E-state index contributed by atoms with van der Waals surface area (Å²) in [6, 6.07) is 10.5. The van der Waals surface area contributed by atoms with Gasteiger partial charge in [0.1, 0.15) is 0 Å². The highest BCUT2D eigenvalue weighted by atomic mass is 79.9. The lowest BCUT2D eigenvalue weighted by molar-refractivity contribution is -0.113. The molecule has 0 aliphatic carbocycles. The van der Waals surface area contributed by atoms with E-state index in [9.17, 15) is 9.59 Å². The average molecular weight is 605 g/mol. The van der Waals surface area contributed by atoms with Crippen molar-refractivity contribution in [2.24, 2.45) is 5.92 Å². The summed E-state index contributed by atoms with van der Waals surface area (Å²) in [5.41, 5.74) is 3.36. The van der Waals surface area contributed by atoms with E-state index in [-0.39, 0.29) is 23.5 Å². The van der Waals surface area contributed by atoms with Crippen LogP contribution in [0.3, 0.4) is 0 Å². The van der Waals surface area contributed by atoms with Gasteiger partial charge in [0.15, 0.2) is 11.0 Å². The molecule has 0 aliphatic heterocycles. The molecular weight excluding hydrogens is 574 g/mol. The molecule has 0 saturated carbocycles. The van der Waals surface area contributed by atoms with Crippen LogP contribution in [0.15, 0.2) is 58.7 Å². The van der Waals surface area contributed by atoms with Gasteiger partial charge in [0, 0.05) is 11.0 Å². The third-order valence-electron chi connectivity index (χ3n) is 5.69. The standard InChI is InChI=1S/C27H31BrClN5O2S/c1-6-11-34-25(23(12-16(2)3)31-26(36)19-9-7-8-10-21(19)29)32-33-27(34)37-15-24(35)30-22-14-18(5)17(4)13-20(22)28/h6-10,13-14,16,23H,1,11-12,15H2,2-5H3,(H,30,35)(H,31,36)/t23-/m1/s1. The van der Waals surface area contributed by atoms with Gasteiger partial charge >= 0.3 is 0 Å². The second-order valence-corrected chi connectivity index (χ2v) is 11.3. The Labute approximate surface area is 235 Å². The zero-order chi connectivity index (χ0) is 27.1. The van der Waals surface area contributed by atoms with Gasteiger partial charge in [-0.1, -0.05) is 55.4 Å². The fourth-order valence-electron chi connectivity index (χ4n) is 3.74. The van der Waals surface area contributed by atoms with Crippen molar-refractivity contribution in [2.45, 2.75) is 51.9 Å². The molecule has 1 aromatic heterocycles. The summed E-state index contributed by atoms with van der Waals surface area (Å²) >= 11 is 11.0. The average Bonchev–Trinajstić information content (AvgIpc) is 3.23. The van der Waals surface area contributed by atoms with Gasteiger partial charge in [0.25, 0.3) is 5.91 Å². The van der Waals surface area contributed by atoms with E-state index in [1.807, 2.05) is 30.5 Å². The maximum absolute atomic E-state index is 13.0. The Morgan fingerprint density at radius 2 is 1.89 bits per heavy atom. The Morgan fingerprint density at radius 1 is 1.19 bits per heavy atom. The number of carbonyl (C=O) groups excluding carboxylic acids is 2. The van der Waals surface area contributed by atoms with Gasteiger partial charge < -0.3 is 15.2 Å². The number of hydrogen-bond donors (Lipinski definition) is 2. The number of rotatable bonds is 11. The van der Waals surface area contributed by atoms with Crippen LogP contribution >= 0.6 is 39.3 Å². The summed E-state index contributed by atoms with van der Waals surface area (Å²) in [7, 11) is 0. The van der Waals surface area contributed by atoms with E-state index in [4.69, 9.17) is 11.6 Å². The zero-order valence-corrected chi connectivity index (χ0v) is 24.5. The SMILES string of the molecule is C=CCn1c(SCC(=O)Nc2cc(C)c(C)cc2Br)nnc1[C@@H](CC(C)C)NC(=O)c1ccccc1Cl. The fraction of sp³-hybridized carbons (Fsp3) is 0.333. The third-order valence-corrected chi connectivity index (χ3v) is 7.64. The molecule has 37 heavy (non-hydrogen) atoms. The zero-order valence-electron chi connectivity index (χ0n) is 21.3. The number of carbonyl (C=O) groups is 2. The quantitative estimate of drug-likeness (QED) is 0.187. The molecule has 3 aromatic rings. The first-order valence-electron chi connectivity index (χ1n) is 11.9. The monoisotopic (exact) mass is 603 g/mol. The van der Waals surface area contributed by atoms with Gasteiger partial charge in [0.05, 0.1) is 28.1 Å². The van der Waals surface area contributed by atoms with Gasteiger partial charge in [0.2, 0.25) is 5.91 Å². The predicted octanol–water partition coefficient (Wildman–Crippen LogP) is 6.74. The first-order chi connectivity index (χ1) is 17.6. The number of nitrogens with one attached hydrogen (secondary N) is 2. The molecular formula is C27H31BrClN5O2S. The number of nitrogens with zero attached hydrogens (tertiary/aromatic N) is 3. The Hall–Kier alpha value is -2.62. The van der Waals surface area contributed by atoms with Crippen LogP contribution < -0.4 is 10.6 Å². The smallest absolute Gasteiger partial charge is 0.253 e. The number of aryl methyl sites for hydroxylation is 2. The highest BCUT2D eigenvalue weighted by Gasteiger charge is 2.25. The first-order valence-corrected chi connectivity index (χ1v) is 14.0. The lowest BCUT2D eigenvalue weighted by Crippen LogP contribution is -2.32. The number of amides is 2. The van der Waals surface area contributed by atoms with Crippen molar-refractivity contribution in [3.05, 3.63) is 81.1 Å². The summed E-state index contributed by atoms with van der Waals surface area (Å²) in [6.07, 6.45) is 2.39. The Morgan fingerprint density at radius 3 is 2.57 bits per heavy atom. The summed E-state index contributed by atoms with van der Waals surface area (Å²) in [5, 5.41) is 15.7. The third kappa shape index (κ3) is 7.69. The Balaban J connectivity index is 1.79. The van der Waals surface area contributed by atoms with E-state index in [1.54, 1.807) is 30.3 Å².